The van der Waals surface area contributed by atoms with Crippen LogP contribution in [-0.2, 0) is 0 Å². The van der Waals surface area contributed by atoms with Gasteiger partial charge in [-0.05, 0) is 32.0 Å². The van der Waals surface area contributed by atoms with Crippen LogP contribution in [-0.4, -0.2) is 21.7 Å². The molecular formula is C12H15N3O2. The average Bonchev–Trinajstić information content (AvgIpc) is 2.74. The Labute approximate surface area is 99.3 Å². The van der Waals surface area contributed by atoms with Crippen molar-refractivity contribution < 1.29 is 9.52 Å². The van der Waals surface area contributed by atoms with Gasteiger partial charge in [-0.1, -0.05) is 0 Å². The number of nitrogens with zero attached hydrogens (tertiary/aromatic N) is 2. The van der Waals surface area contributed by atoms with Gasteiger partial charge in [0.25, 0.3) is 0 Å². The second-order valence-electron chi connectivity index (χ2n) is 3.95. The van der Waals surface area contributed by atoms with Crippen LogP contribution in [0.4, 0.5) is 0 Å². The first-order valence-corrected chi connectivity index (χ1v) is 5.39. The molecule has 5 heteroatoms. The summed E-state index contributed by atoms with van der Waals surface area (Å²) in [6.07, 6.45) is 0. The van der Waals surface area contributed by atoms with E-state index in [4.69, 9.17) is 15.3 Å². The van der Waals surface area contributed by atoms with Gasteiger partial charge in [-0.25, -0.2) is 9.97 Å². The molecule has 0 saturated carbocycles. The number of hydrogen-bond acceptors (Lipinski definition) is 5. The minimum atomic E-state index is -0.565. The Morgan fingerprint density at radius 3 is 2.71 bits per heavy atom. The lowest BCUT2D eigenvalue weighted by Gasteiger charge is -2.08. The van der Waals surface area contributed by atoms with Gasteiger partial charge in [-0.3, -0.25) is 0 Å². The molecule has 2 heterocycles. The Kier molecular flexibility index (Phi) is 3.21. The molecule has 2 aromatic rings. The Morgan fingerprint density at radius 1 is 1.35 bits per heavy atom. The van der Waals surface area contributed by atoms with Gasteiger partial charge in [0.1, 0.15) is 17.3 Å². The van der Waals surface area contributed by atoms with Gasteiger partial charge >= 0.3 is 0 Å². The highest BCUT2D eigenvalue weighted by atomic mass is 16.3. The van der Waals surface area contributed by atoms with Gasteiger partial charge < -0.3 is 15.3 Å². The maximum atomic E-state index is 9.02. The van der Waals surface area contributed by atoms with Gasteiger partial charge in [-0.2, -0.15) is 0 Å². The maximum absolute atomic E-state index is 9.02. The Morgan fingerprint density at radius 2 is 2.12 bits per heavy atom. The Hall–Kier alpha value is -1.72. The molecule has 1 atom stereocenters. The summed E-state index contributed by atoms with van der Waals surface area (Å²) in [7, 11) is 0. The average molecular weight is 233 g/mol. The third-order valence-electron chi connectivity index (χ3n) is 2.39. The van der Waals surface area contributed by atoms with Crippen LogP contribution < -0.4 is 5.73 Å². The summed E-state index contributed by atoms with van der Waals surface area (Å²) in [5, 5.41) is 9.02. The summed E-state index contributed by atoms with van der Waals surface area (Å²) >= 11 is 0. The zero-order valence-electron chi connectivity index (χ0n) is 9.84. The summed E-state index contributed by atoms with van der Waals surface area (Å²) in [5.74, 6) is 1.93. The summed E-state index contributed by atoms with van der Waals surface area (Å²) in [5.41, 5.74) is 7.19. The monoisotopic (exact) mass is 233 g/mol. The first kappa shape index (κ1) is 11.8. The van der Waals surface area contributed by atoms with Crippen molar-refractivity contribution in [3.05, 3.63) is 35.5 Å². The zero-order chi connectivity index (χ0) is 12.4. The van der Waals surface area contributed by atoms with Crippen molar-refractivity contribution >= 4 is 0 Å². The molecule has 0 aliphatic carbocycles. The van der Waals surface area contributed by atoms with Crippen molar-refractivity contribution in [1.82, 2.24) is 9.97 Å². The highest BCUT2D eigenvalue weighted by molar-refractivity contribution is 5.52. The number of aliphatic hydroxyl groups excluding tert-OH is 1. The number of aryl methyl sites for hydroxylation is 2. The van der Waals surface area contributed by atoms with E-state index in [9.17, 15) is 0 Å². The largest absolute Gasteiger partial charge is 0.460 e. The molecule has 0 aliphatic heterocycles. The summed E-state index contributed by atoms with van der Waals surface area (Å²) < 4.78 is 5.50. The van der Waals surface area contributed by atoms with E-state index < -0.39 is 6.04 Å². The Bertz CT molecular complexity index is 522. The third kappa shape index (κ3) is 2.51. The van der Waals surface area contributed by atoms with Gasteiger partial charge in [0, 0.05) is 5.69 Å². The van der Waals surface area contributed by atoms with Crippen molar-refractivity contribution in [2.24, 2.45) is 5.73 Å². The molecule has 2 rings (SSSR count). The van der Waals surface area contributed by atoms with E-state index in [0.717, 1.165) is 11.5 Å². The van der Waals surface area contributed by atoms with Crippen LogP contribution in [0.2, 0.25) is 0 Å². The molecule has 17 heavy (non-hydrogen) atoms. The minimum Gasteiger partial charge on any atom is -0.460 e. The van der Waals surface area contributed by atoms with Crippen LogP contribution in [0.3, 0.4) is 0 Å². The molecule has 5 nitrogen and oxygen atoms in total. The molecule has 0 aromatic carbocycles. The van der Waals surface area contributed by atoms with Gasteiger partial charge in [0.05, 0.1) is 12.6 Å². The summed E-state index contributed by atoms with van der Waals surface area (Å²) in [4.78, 5) is 8.50. The van der Waals surface area contributed by atoms with Gasteiger partial charge in [0.15, 0.2) is 5.76 Å². The van der Waals surface area contributed by atoms with E-state index in [1.807, 2.05) is 32.0 Å². The predicted octanol–water partition coefficient (Wildman–Crippen LogP) is 1.35. The number of hydrogen-bond donors (Lipinski definition) is 2. The zero-order valence-corrected chi connectivity index (χ0v) is 9.84. The molecule has 1 unspecified atom stereocenters. The fraction of sp³-hybridized carbons (Fsp3) is 0.333. The minimum absolute atomic E-state index is 0.180. The summed E-state index contributed by atoms with van der Waals surface area (Å²) in [6.45, 7) is 3.55. The first-order valence-electron chi connectivity index (χ1n) is 5.39. The van der Waals surface area contributed by atoms with E-state index in [0.29, 0.717) is 17.3 Å². The van der Waals surface area contributed by atoms with E-state index in [2.05, 4.69) is 9.97 Å². The van der Waals surface area contributed by atoms with Crippen molar-refractivity contribution in [3.63, 3.8) is 0 Å². The van der Waals surface area contributed by atoms with Crippen molar-refractivity contribution in [2.75, 3.05) is 6.61 Å². The highest BCUT2D eigenvalue weighted by Crippen LogP contribution is 2.21. The highest BCUT2D eigenvalue weighted by Gasteiger charge is 2.12. The normalized spacial score (nSPS) is 12.7. The molecule has 0 spiro atoms. The van der Waals surface area contributed by atoms with Crippen LogP contribution in [0.15, 0.2) is 22.6 Å². The molecule has 0 aliphatic rings. The SMILES string of the molecule is Cc1cc(-c2ccc(C)o2)nc(C(N)CO)n1. The molecule has 90 valence electrons. The quantitative estimate of drug-likeness (QED) is 0.835. The van der Waals surface area contributed by atoms with Crippen LogP contribution in [0, 0.1) is 13.8 Å². The summed E-state index contributed by atoms with van der Waals surface area (Å²) in [6, 6.07) is 4.99. The number of aliphatic hydroxyl groups is 1. The lowest BCUT2D eigenvalue weighted by molar-refractivity contribution is 0.263. The topological polar surface area (TPSA) is 85.2 Å². The van der Waals surface area contributed by atoms with E-state index in [-0.39, 0.29) is 6.61 Å². The molecule has 0 fully saturated rings. The van der Waals surface area contributed by atoms with Crippen LogP contribution in [0.25, 0.3) is 11.5 Å². The second kappa shape index (κ2) is 4.65. The number of nitrogens with two attached hydrogens (primary N) is 1. The van der Waals surface area contributed by atoms with E-state index >= 15 is 0 Å². The molecule has 0 radical (unpaired) electrons. The fourth-order valence-corrected chi connectivity index (χ4v) is 1.54. The molecule has 0 bridgehead atoms. The van der Waals surface area contributed by atoms with Crippen LogP contribution in [0.1, 0.15) is 23.3 Å². The lowest BCUT2D eigenvalue weighted by atomic mass is 10.2. The second-order valence-corrected chi connectivity index (χ2v) is 3.95. The number of rotatable bonds is 3. The van der Waals surface area contributed by atoms with Crippen LogP contribution in [0.5, 0.6) is 0 Å². The van der Waals surface area contributed by atoms with E-state index in [1.165, 1.54) is 0 Å². The standard InChI is InChI=1S/C12H15N3O2/c1-7-5-10(11-4-3-8(2)17-11)15-12(14-7)9(13)6-16/h3-5,9,16H,6,13H2,1-2H3. The maximum Gasteiger partial charge on any atom is 0.152 e. The van der Waals surface area contributed by atoms with Gasteiger partial charge in [0.2, 0.25) is 0 Å². The van der Waals surface area contributed by atoms with Crippen molar-refractivity contribution in [2.45, 2.75) is 19.9 Å². The molecule has 2 aromatic heterocycles. The van der Waals surface area contributed by atoms with Gasteiger partial charge in [-0.15, -0.1) is 0 Å². The molecule has 0 amide bonds. The van der Waals surface area contributed by atoms with Crippen LogP contribution >= 0.6 is 0 Å². The first-order chi connectivity index (χ1) is 8.10. The van der Waals surface area contributed by atoms with Crippen molar-refractivity contribution in [1.29, 1.82) is 0 Å². The van der Waals surface area contributed by atoms with Crippen molar-refractivity contribution in [3.8, 4) is 11.5 Å². The predicted molar refractivity (Wildman–Crippen MR) is 63.2 cm³/mol. The molecule has 0 saturated heterocycles. The molecule has 3 N–H and O–H groups in total. The lowest BCUT2D eigenvalue weighted by Crippen LogP contribution is -2.18. The number of aromatic nitrogens is 2. The third-order valence-corrected chi connectivity index (χ3v) is 2.39. The number of furan rings is 1. The molecular weight excluding hydrogens is 218 g/mol. The van der Waals surface area contributed by atoms with E-state index in [1.54, 1.807) is 0 Å². The Balaban J connectivity index is 2.44. The smallest absolute Gasteiger partial charge is 0.152 e. The fourth-order valence-electron chi connectivity index (χ4n) is 1.54.